The Morgan fingerprint density at radius 2 is 2.37 bits per heavy atom. The molecule has 0 saturated heterocycles. The van der Waals surface area contributed by atoms with Gasteiger partial charge in [0.1, 0.15) is 6.07 Å². The van der Waals surface area contributed by atoms with Crippen molar-refractivity contribution in [3.05, 3.63) is 29.3 Å². The molecule has 6 heteroatoms. The molecule has 0 aliphatic rings. The molecule has 0 fully saturated rings. The summed E-state index contributed by atoms with van der Waals surface area (Å²) in [5.74, 6) is 0.698. The van der Waals surface area contributed by atoms with E-state index in [9.17, 15) is 0 Å². The first-order valence-corrected chi connectivity index (χ1v) is 6.22. The number of halogens is 1. The number of ether oxygens (including phenoxy) is 1. The third-order valence-electron chi connectivity index (χ3n) is 2.27. The molecule has 0 aliphatic heterocycles. The maximum Gasteiger partial charge on any atom is 0.232 e. The van der Waals surface area contributed by atoms with Gasteiger partial charge in [-0.3, -0.25) is 0 Å². The quantitative estimate of drug-likeness (QED) is 0.614. The van der Waals surface area contributed by atoms with Crippen molar-refractivity contribution < 1.29 is 9.15 Å². The lowest BCUT2D eigenvalue weighted by Crippen LogP contribution is -1.98. The van der Waals surface area contributed by atoms with Gasteiger partial charge >= 0.3 is 0 Å². The van der Waals surface area contributed by atoms with E-state index in [0.717, 1.165) is 6.42 Å². The fourth-order valence-electron chi connectivity index (χ4n) is 1.27. The summed E-state index contributed by atoms with van der Waals surface area (Å²) < 4.78 is 10.4. The van der Waals surface area contributed by atoms with Crippen molar-refractivity contribution in [3.8, 4) is 6.07 Å². The molecule has 0 saturated carbocycles. The van der Waals surface area contributed by atoms with Gasteiger partial charge in [0.05, 0.1) is 0 Å². The lowest BCUT2D eigenvalue weighted by molar-refractivity contribution is 0.204. The van der Waals surface area contributed by atoms with Gasteiger partial charge in [0.15, 0.2) is 0 Å². The second-order valence-electron chi connectivity index (χ2n) is 3.73. The van der Waals surface area contributed by atoms with Crippen LogP contribution in [0.2, 0.25) is 0 Å². The number of hydrogen-bond donors (Lipinski definition) is 1. The molecule has 0 radical (unpaired) electrons. The van der Waals surface area contributed by atoms with Crippen LogP contribution in [0.15, 0.2) is 22.1 Å². The largest absolute Gasteiger partial charge is 0.420 e. The van der Waals surface area contributed by atoms with Crippen LogP contribution in [-0.4, -0.2) is 25.2 Å². The van der Waals surface area contributed by atoms with Gasteiger partial charge in [0, 0.05) is 31.4 Å². The highest BCUT2D eigenvalue weighted by atomic mass is 35.5. The Hall–Kier alpha value is -1.77. The van der Waals surface area contributed by atoms with E-state index in [0.29, 0.717) is 30.5 Å². The summed E-state index contributed by atoms with van der Waals surface area (Å²) in [5, 5.41) is 12.0. The number of nitriles is 1. The van der Waals surface area contributed by atoms with Crippen molar-refractivity contribution in [2.24, 2.45) is 0 Å². The highest BCUT2D eigenvalue weighted by Crippen LogP contribution is 2.22. The van der Waals surface area contributed by atoms with E-state index in [1.807, 2.05) is 18.2 Å². The molecule has 0 spiro atoms. The van der Waals surface area contributed by atoms with Crippen molar-refractivity contribution in [2.75, 3.05) is 25.6 Å². The number of oxazole rings is 1. The number of nitrogens with zero attached hydrogens (tertiary/aromatic N) is 2. The zero-order chi connectivity index (χ0) is 14.1. The Morgan fingerprint density at radius 1 is 1.58 bits per heavy atom. The topological polar surface area (TPSA) is 71.1 Å². The second-order valence-corrected chi connectivity index (χ2v) is 3.95. The molecule has 5 nitrogen and oxygen atoms in total. The molecule has 1 heterocycles. The number of rotatable bonds is 7. The van der Waals surface area contributed by atoms with Crippen LogP contribution in [0.1, 0.15) is 24.9 Å². The summed E-state index contributed by atoms with van der Waals surface area (Å²) >= 11 is 5.58. The van der Waals surface area contributed by atoms with Crippen molar-refractivity contribution in [2.45, 2.75) is 13.3 Å². The van der Waals surface area contributed by atoms with E-state index >= 15 is 0 Å². The van der Waals surface area contributed by atoms with E-state index in [2.05, 4.69) is 10.3 Å². The van der Waals surface area contributed by atoms with Crippen LogP contribution in [0.4, 0.5) is 5.88 Å². The SMILES string of the molecule is COCC/C=C/CNc1oc(/C(C)=C\Cl)nc1C#N. The fraction of sp³-hybridized carbons (Fsp3) is 0.385. The van der Waals surface area contributed by atoms with Crippen LogP contribution in [0.3, 0.4) is 0 Å². The fourth-order valence-corrected chi connectivity index (χ4v) is 1.36. The number of anilines is 1. The van der Waals surface area contributed by atoms with Gasteiger partial charge in [-0.2, -0.15) is 10.2 Å². The lowest BCUT2D eigenvalue weighted by Gasteiger charge is -1.98. The number of methoxy groups -OCH3 is 1. The molecule has 1 aromatic rings. The lowest BCUT2D eigenvalue weighted by atomic mass is 10.3. The van der Waals surface area contributed by atoms with Crippen LogP contribution in [0, 0.1) is 11.3 Å². The first kappa shape index (κ1) is 15.3. The van der Waals surface area contributed by atoms with Crippen molar-refractivity contribution in [1.82, 2.24) is 4.98 Å². The van der Waals surface area contributed by atoms with Crippen LogP contribution in [-0.2, 0) is 4.74 Å². The molecule has 1 rings (SSSR count). The average molecular weight is 282 g/mol. The number of aromatic nitrogens is 1. The van der Waals surface area contributed by atoms with E-state index < -0.39 is 0 Å². The number of nitrogens with one attached hydrogen (secondary N) is 1. The molecule has 0 aromatic carbocycles. The van der Waals surface area contributed by atoms with Crippen LogP contribution < -0.4 is 5.32 Å². The first-order chi connectivity index (χ1) is 9.22. The zero-order valence-electron chi connectivity index (χ0n) is 10.9. The molecular weight excluding hydrogens is 266 g/mol. The molecule has 1 N–H and O–H groups in total. The minimum absolute atomic E-state index is 0.221. The van der Waals surface area contributed by atoms with Crippen LogP contribution >= 0.6 is 11.6 Å². The van der Waals surface area contributed by atoms with E-state index in [1.54, 1.807) is 14.0 Å². The Balaban J connectivity index is 2.61. The standard InChI is InChI=1S/C13H16ClN3O2/c1-10(8-14)12-17-11(9-15)13(19-12)16-6-4-3-5-7-18-2/h3-4,8,16H,5-7H2,1-2H3/b4-3+,10-8-. The van der Waals surface area contributed by atoms with Crippen molar-refractivity contribution in [3.63, 3.8) is 0 Å². The summed E-state index contributed by atoms with van der Waals surface area (Å²) in [5.41, 5.74) is 2.25. The molecule has 19 heavy (non-hydrogen) atoms. The van der Waals surface area contributed by atoms with Gasteiger partial charge in [-0.1, -0.05) is 23.8 Å². The smallest absolute Gasteiger partial charge is 0.232 e. The van der Waals surface area contributed by atoms with Gasteiger partial charge in [0.25, 0.3) is 0 Å². The zero-order valence-corrected chi connectivity index (χ0v) is 11.7. The van der Waals surface area contributed by atoms with Crippen molar-refractivity contribution in [1.29, 1.82) is 5.26 Å². The summed E-state index contributed by atoms with van der Waals surface area (Å²) in [4.78, 5) is 4.04. The molecule has 0 unspecified atom stereocenters. The minimum Gasteiger partial charge on any atom is -0.420 e. The molecule has 0 atom stereocenters. The molecule has 0 aliphatic carbocycles. The van der Waals surface area contributed by atoms with Crippen LogP contribution in [0.5, 0.6) is 0 Å². The number of allylic oxidation sites excluding steroid dienone is 1. The summed E-state index contributed by atoms with van der Waals surface area (Å²) in [6.45, 7) is 3.00. The third-order valence-corrected chi connectivity index (χ3v) is 2.60. The average Bonchev–Trinajstić information content (AvgIpc) is 2.85. The molecule has 0 bridgehead atoms. The summed E-state index contributed by atoms with van der Waals surface area (Å²) in [6, 6.07) is 1.97. The molecule has 1 aromatic heterocycles. The Morgan fingerprint density at radius 3 is 3.00 bits per heavy atom. The summed E-state index contributed by atoms with van der Waals surface area (Å²) in [7, 11) is 1.66. The predicted octanol–water partition coefficient (Wildman–Crippen LogP) is 3.15. The van der Waals surface area contributed by atoms with Gasteiger partial charge in [-0.25, -0.2) is 0 Å². The van der Waals surface area contributed by atoms with E-state index in [-0.39, 0.29) is 5.69 Å². The van der Waals surface area contributed by atoms with Gasteiger partial charge in [-0.15, -0.1) is 0 Å². The van der Waals surface area contributed by atoms with Gasteiger partial charge < -0.3 is 14.5 Å². The van der Waals surface area contributed by atoms with Crippen molar-refractivity contribution >= 4 is 23.1 Å². The molecule has 102 valence electrons. The Labute approximate surface area is 117 Å². The summed E-state index contributed by atoms with van der Waals surface area (Å²) in [6.07, 6.45) is 4.77. The third kappa shape index (κ3) is 4.78. The highest BCUT2D eigenvalue weighted by molar-refractivity contribution is 6.28. The second kappa shape index (κ2) is 8.35. The minimum atomic E-state index is 0.221. The monoisotopic (exact) mass is 281 g/mol. The van der Waals surface area contributed by atoms with Crippen LogP contribution in [0.25, 0.3) is 5.57 Å². The number of hydrogen-bond acceptors (Lipinski definition) is 5. The van der Waals surface area contributed by atoms with E-state index in [4.69, 9.17) is 26.0 Å². The molecular formula is C13H16ClN3O2. The van der Waals surface area contributed by atoms with Gasteiger partial charge in [-0.05, 0) is 13.3 Å². The predicted molar refractivity (Wildman–Crippen MR) is 74.8 cm³/mol. The molecule has 0 amide bonds. The van der Waals surface area contributed by atoms with Gasteiger partial charge in [0.2, 0.25) is 17.5 Å². The first-order valence-electron chi connectivity index (χ1n) is 5.79. The maximum absolute atomic E-state index is 8.96. The normalized spacial score (nSPS) is 11.8. The highest BCUT2D eigenvalue weighted by Gasteiger charge is 2.12. The van der Waals surface area contributed by atoms with E-state index in [1.165, 1.54) is 5.54 Å². The Kier molecular flexibility index (Phi) is 6.72. The Bertz CT molecular complexity index is 500. The maximum atomic E-state index is 8.96.